The fourth-order valence-corrected chi connectivity index (χ4v) is 5.38. The number of hydrogen-bond donors (Lipinski definition) is 2. The number of thiophene rings is 1. The van der Waals surface area contributed by atoms with Crippen LogP contribution in [0, 0.1) is 6.92 Å². The number of nitrogens with one attached hydrogen (secondary N) is 1. The molecule has 0 aromatic carbocycles. The molecule has 0 spiro atoms. The summed E-state index contributed by atoms with van der Waals surface area (Å²) in [5, 5.41) is 14.8. The van der Waals surface area contributed by atoms with Crippen LogP contribution in [0.5, 0.6) is 0 Å². The molecule has 11 heteroatoms. The van der Waals surface area contributed by atoms with Gasteiger partial charge in [0.2, 0.25) is 0 Å². The molecule has 0 saturated carbocycles. The summed E-state index contributed by atoms with van der Waals surface area (Å²) in [6.45, 7) is 6.36. The van der Waals surface area contributed by atoms with Crippen molar-refractivity contribution in [1.29, 1.82) is 0 Å². The van der Waals surface area contributed by atoms with Gasteiger partial charge >= 0.3 is 0 Å². The number of β-amino-alcohol motifs (C(OH)–C–C–N with tert-alkyl or cyclic N) is 1. The number of halogens is 1. The van der Waals surface area contributed by atoms with E-state index in [2.05, 4.69) is 46.0 Å². The van der Waals surface area contributed by atoms with Gasteiger partial charge in [-0.3, -0.25) is 9.69 Å². The maximum atomic E-state index is 12.5. The van der Waals surface area contributed by atoms with E-state index in [1.54, 1.807) is 6.20 Å². The molecule has 164 valence electrons. The number of aliphatic hydroxyl groups is 1. The third-order valence-electron chi connectivity index (χ3n) is 4.97. The topological polar surface area (TPSA) is 94.5 Å². The first-order valence-corrected chi connectivity index (χ1v) is 12.4. The SMILES string of the molecule is Cc1nc(Cc2ncc(C(=O)Nc3ccsc3Br)s2)cc(N2CCN(CCO)CC2)n1. The molecule has 31 heavy (non-hydrogen) atoms. The quantitative estimate of drug-likeness (QED) is 0.492. The van der Waals surface area contributed by atoms with Crippen LogP contribution in [0.25, 0.3) is 0 Å². The van der Waals surface area contributed by atoms with Crippen LogP contribution >= 0.6 is 38.6 Å². The van der Waals surface area contributed by atoms with Crippen LogP contribution in [0.1, 0.15) is 26.2 Å². The number of piperazine rings is 1. The summed E-state index contributed by atoms with van der Waals surface area (Å²) in [6, 6.07) is 3.88. The second-order valence-electron chi connectivity index (χ2n) is 7.17. The Morgan fingerprint density at radius 2 is 2.10 bits per heavy atom. The Balaban J connectivity index is 1.42. The smallest absolute Gasteiger partial charge is 0.267 e. The van der Waals surface area contributed by atoms with Gasteiger partial charge < -0.3 is 15.3 Å². The molecule has 0 bridgehead atoms. The van der Waals surface area contributed by atoms with Crippen molar-refractivity contribution in [1.82, 2.24) is 19.9 Å². The highest BCUT2D eigenvalue weighted by Crippen LogP contribution is 2.29. The van der Waals surface area contributed by atoms with Crippen LogP contribution in [-0.4, -0.2) is 70.2 Å². The van der Waals surface area contributed by atoms with Gasteiger partial charge in [0.25, 0.3) is 5.91 Å². The van der Waals surface area contributed by atoms with Crippen molar-refractivity contribution < 1.29 is 9.90 Å². The Morgan fingerprint density at radius 3 is 2.81 bits per heavy atom. The highest BCUT2D eigenvalue weighted by molar-refractivity contribution is 9.11. The maximum absolute atomic E-state index is 12.5. The Bertz CT molecular complexity index is 1050. The second-order valence-corrected chi connectivity index (χ2v) is 10.5. The highest BCUT2D eigenvalue weighted by Gasteiger charge is 2.19. The summed E-state index contributed by atoms with van der Waals surface area (Å²) in [5.41, 5.74) is 1.65. The molecule has 1 aliphatic rings. The Hall–Kier alpha value is -1.92. The molecule has 1 saturated heterocycles. The monoisotopic (exact) mass is 522 g/mol. The van der Waals surface area contributed by atoms with Gasteiger partial charge in [-0.2, -0.15) is 0 Å². The number of amides is 1. The number of aliphatic hydroxyl groups excluding tert-OH is 1. The maximum Gasteiger partial charge on any atom is 0.267 e. The molecular weight excluding hydrogens is 500 g/mol. The van der Waals surface area contributed by atoms with E-state index in [1.165, 1.54) is 22.7 Å². The van der Waals surface area contributed by atoms with E-state index in [0.29, 0.717) is 17.8 Å². The first-order valence-electron chi connectivity index (χ1n) is 9.93. The minimum absolute atomic E-state index is 0.164. The standard InChI is InChI=1S/C20H23BrN6O2S2/c1-13-23-14(10-17(24-13)27-5-3-26(4-6-27)7-8-28)11-18-22-12-16(31-18)20(29)25-15-2-9-30-19(15)21/h2,9-10,12,28H,3-8,11H2,1H3,(H,25,29). The van der Waals surface area contributed by atoms with E-state index in [-0.39, 0.29) is 12.5 Å². The summed E-state index contributed by atoms with van der Waals surface area (Å²) < 4.78 is 0.895. The predicted octanol–water partition coefficient (Wildman–Crippen LogP) is 3.02. The van der Waals surface area contributed by atoms with Crippen molar-refractivity contribution in [2.75, 3.05) is 49.5 Å². The van der Waals surface area contributed by atoms with Gasteiger partial charge in [0.05, 0.1) is 33.0 Å². The first kappa shape index (κ1) is 22.3. The Labute approximate surface area is 197 Å². The van der Waals surface area contributed by atoms with Crippen LogP contribution in [0.15, 0.2) is 27.5 Å². The number of thiazole rings is 1. The number of carbonyl (C=O) groups is 1. The number of carbonyl (C=O) groups excluding carboxylic acids is 1. The van der Waals surface area contributed by atoms with Gasteiger partial charge in [0.1, 0.15) is 16.5 Å². The van der Waals surface area contributed by atoms with Crippen LogP contribution in [0.3, 0.4) is 0 Å². The summed E-state index contributed by atoms with van der Waals surface area (Å²) in [5.74, 6) is 1.48. The number of anilines is 2. The predicted molar refractivity (Wildman–Crippen MR) is 127 cm³/mol. The molecule has 3 aromatic heterocycles. The summed E-state index contributed by atoms with van der Waals surface area (Å²) in [4.78, 5) is 31.2. The molecule has 0 unspecified atom stereocenters. The summed E-state index contributed by atoms with van der Waals surface area (Å²) >= 11 is 6.33. The molecule has 0 aliphatic carbocycles. The van der Waals surface area contributed by atoms with Gasteiger partial charge in [0, 0.05) is 45.2 Å². The first-order chi connectivity index (χ1) is 15.0. The highest BCUT2D eigenvalue weighted by atomic mass is 79.9. The molecule has 4 rings (SSSR count). The van der Waals surface area contributed by atoms with Crippen molar-refractivity contribution in [3.05, 3.63) is 48.9 Å². The zero-order valence-electron chi connectivity index (χ0n) is 17.0. The minimum atomic E-state index is -0.164. The van der Waals surface area contributed by atoms with Crippen LogP contribution in [0.2, 0.25) is 0 Å². The van der Waals surface area contributed by atoms with Crippen LogP contribution < -0.4 is 10.2 Å². The fourth-order valence-electron chi connectivity index (χ4n) is 3.42. The normalized spacial score (nSPS) is 14.7. The molecule has 3 aromatic rings. The molecule has 4 heterocycles. The minimum Gasteiger partial charge on any atom is -0.395 e. The van der Waals surface area contributed by atoms with E-state index in [1.807, 2.05) is 24.4 Å². The van der Waals surface area contributed by atoms with E-state index >= 15 is 0 Å². The molecule has 0 atom stereocenters. The average molecular weight is 523 g/mol. The van der Waals surface area contributed by atoms with E-state index in [0.717, 1.165) is 58.0 Å². The lowest BCUT2D eigenvalue weighted by Crippen LogP contribution is -2.47. The third kappa shape index (κ3) is 5.66. The average Bonchev–Trinajstić information content (AvgIpc) is 3.37. The number of hydrogen-bond acceptors (Lipinski definition) is 9. The zero-order valence-corrected chi connectivity index (χ0v) is 20.3. The number of aryl methyl sites for hydroxylation is 1. The summed E-state index contributed by atoms with van der Waals surface area (Å²) in [7, 11) is 0. The van der Waals surface area contributed by atoms with Crippen LogP contribution in [0.4, 0.5) is 11.5 Å². The van der Waals surface area contributed by atoms with E-state index < -0.39 is 0 Å². The van der Waals surface area contributed by atoms with Crippen molar-refractivity contribution in [2.45, 2.75) is 13.3 Å². The lowest BCUT2D eigenvalue weighted by Gasteiger charge is -2.35. The molecule has 1 aliphatic heterocycles. The fraction of sp³-hybridized carbons (Fsp3) is 0.400. The number of rotatable bonds is 7. The van der Waals surface area contributed by atoms with Crippen molar-refractivity contribution in [3.8, 4) is 0 Å². The van der Waals surface area contributed by atoms with Gasteiger partial charge in [-0.25, -0.2) is 15.0 Å². The van der Waals surface area contributed by atoms with Gasteiger partial charge in [0.15, 0.2) is 0 Å². The largest absolute Gasteiger partial charge is 0.395 e. The number of aromatic nitrogens is 3. The lowest BCUT2D eigenvalue weighted by molar-refractivity contribution is 0.103. The molecule has 2 N–H and O–H groups in total. The van der Waals surface area contributed by atoms with Crippen molar-refractivity contribution in [2.24, 2.45) is 0 Å². The molecule has 0 radical (unpaired) electrons. The second kappa shape index (κ2) is 10.1. The lowest BCUT2D eigenvalue weighted by atomic mass is 10.2. The Morgan fingerprint density at radius 1 is 1.29 bits per heavy atom. The van der Waals surface area contributed by atoms with E-state index in [4.69, 9.17) is 5.11 Å². The molecular formula is C20H23BrN6O2S2. The van der Waals surface area contributed by atoms with Gasteiger partial charge in [-0.1, -0.05) is 0 Å². The molecule has 8 nitrogen and oxygen atoms in total. The third-order valence-corrected chi connectivity index (χ3v) is 7.65. The van der Waals surface area contributed by atoms with Crippen LogP contribution in [-0.2, 0) is 6.42 Å². The van der Waals surface area contributed by atoms with Gasteiger partial charge in [-0.05, 0) is 34.3 Å². The summed E-state index contributed by atoms with van der Waals surface area (Å²) in [6.07, 6.45) is 2.17. The Kier molecular flexibility index (Phi) is 7.28. The zero-order chi connectivity index (χ0) is 21.8. The van der Waals surface area contributed by atoms with Crippen molar-refractivity contribution in [3.63, 3.8) is 0 Å². The van der Waals surface area contributed by atoms with Gasteiger partial charge in [-0.15, -0.1) is 22.7 Å². The number of nitrogens with zero attached hydrogens (tertiary/aromatic N) is 5. The van der Waals surface area contributed by atoms with E-state index in [9.17, 15) is 4.79 Å². The van der Waals surface area contributed by atoms with Crippen molar-refractivity contribution >= 4 is 56.0 Å². The molecule has 1 amide bonds. The molecule has 1 fully saturated rings.